The van der Waals surface area contributed by atoms with Crippen LogP contribution in [-0.2, 0) is 0 Å². The van der Waals surface area contributed by atoms with Crippen molar-refractivity contribution < 1.29 is 19.4 Å². The summed E-state index contributed by atoms with van der Waals surface area (Å²) in [6, 6.07) is 4.61. The zero-order valence-electron chi connectivity index (χ0n) is 9.10. The van der Waals surface area contributed by atoms with E-state index in [-0.39, 0.29) is 5.56 Å². The molecule has 0 spiro atoms. The van der Waals surface area contributed by atoms with Crippen LogP contribution in [-0.4, -0.2) is 24.8 Å². The van der Waals surface area contributed by atoms with Crippen LogP contribution in [0.3, 0.4) is 0 Å². The number of rotatable bonds is 6. The smallest absolute Gasteiger partial charge is 0.339 e. The van der Waals surface area contributed by atoms with E-state index in [0.29, 0.717) is 24.5 Å². The fourth-order valence-corrected chi connectivity index (χ4v) is 1.18. The molecule has 0 bridgehead atoms. The highest BCUT2D eigenvalue weighted by Gasteiger charge is 2.12. The molecule has 0 heterocycles. The SMILES string of the molecule is C=CCCOc1cc(OC)ccc1C(=O)O. The van der Waals surface area contributed by atoms with Gasteiger partial charge in [0.05, 0.1) is 13.7 Å². The largest absolute Gasteiger partial charge is 0.497 e. The number of carboxylic acid groups (broad SMARTS) is 1. The maximum Gasteiger partial charge on any atom is 0.339 e. The Kier molecular flexibility index (Phi) is 4.39. The highest BCUT2D eigenvalue weighted by Crippen LogP contribution is 2.24. The van der Waals surface area contributed by atoms with Crippen LogP contribution in [0.2, 0.25) is 0 Å². The monoisotopic (exact) mass is 222 g/mol. The number of hydrogen-bond donors (Lipinski definition) is 1. The van der Waals surface area contributed by atoms with E-state index in [1.54, 1.807) is 18.2 Å². The Morgan fingerprint density at radius 3 is 2.88 bits per heavy atom. The lowest BCUT2D eigenvalue weighted by Gasteiger charge is -2.09. The van der Waals surface area contributed by atoms with Gasteiger partial charge < -0.3 is 14.6 Å². The van der Waals surface area contributed by atoms with Gasteiger partial charge in [-0.2, -0.15) is 0 Å². The first kappa shape index (κ1) is 12.1. The van der Waals surface area contributed by atoms with E-state index in [4.69, 9.17) is 14.6 Å². The Hall–Kier alpha value is -1.97. The lowest BCUT2D eigenvalue weighted by atomic mass is 10.2. The molecule has 4 heteroatoms. The van der Waals surface area contributed by atoms with Gasteiger partial charge in [-0.1, -0.05) is 6.08 Å². The molecule has 1 rings (SSSR count). The van der Waals surface area contributed by atoms with E-state index in [1.807, 2.05) is 0 Å². The Bertz CT molecular complexity index is 385. The van der Waals surface area contributed by atoms with Crippen molar-refractivity contribution in [2.24, 2.45) is 0 Å². The first-order chi connectivity index (χ1) is 7.69. The summed E-state index contributed by atoms with van der Waals surface area (Å²) in [5.74, 6) is -0.136. The number of benzene rings is 1. The van der Waals surface area contributed by atoms with Crippen molar-refractivity contribution in [3.63, 3.8) is 0 Å². The Balaban J connectivity index is 2.91. The van der Waals surface area contributed by atoms with Gasteiger partial charge in [0.2, 0.25) is 0 Å². The number of carbonyl (C=O) groups is 1. The maximum absolute atomic E-state index is 10.9. The van der Waals surface area contributed by atoms with Gasteiger partial charge in [-0.3, -0.25) is 0 Å². The van der Waals surface area contributed by atoms with Crippen molar-refractivity contribution in [2.45, 2.75) is 6.42 Å². The third kappa shape index (κ3) is 3.02. The zero-order valence-corrected chi connectivity index (χ0v) is 9.10. The fourth-order valence-electron chi connectivity index (χ4n) is 1.18. The topological polar surface area (TPSA) is 55.8 Å². The summed E-state index contributed by atoms with van der Waals surface area (Å²) < 4.78 is 10.4. The second kappa shape index (κ2) is 5.80. The third-order valence-corrected chi connectivity index (χ3v) is 2.00. The van der Waals surface area contributed by atoms with Crippen molar-refractivity contribution in [3.8, 4) is 11.5 Å². The van der Waals surface area contributed by atoms with Gasteiger partial charge in [0.1, 0.15) is 17.1 Å². The van der Waals surface area contributed by atoms with Gasteiger partial charge in [-0.15, -0.1) is 6.58 Å². The van der Waals surface area contributed by atoms with Gasteiger partial charge in [0.15, 0.2) is 0 Å². The average molecular weight is 222 g/mol. The van der Waals surface area contributed by atoms with Gasteiger partial charge in [0, 0.05) is 6.07 Å². The highest BCUT2D eigenvalue weighted by molar-refractivity contribution is 5.91. The van der Waals surface area contributed by atoms with E-state index in [1.165, 1.54) is 13.2 Å². The minimum absolute atomic E-state index is 0.130. The van der Waals surface area contributed by atoms with Crippen LogP contribution >= 0.6 is 0 Å². The first-order valence-electron chi connectivity index (χ1n) is 4.84. The molecule has 0 amide bonds. The van der Waals surface area contributed by atoms with Crippen LogP contribution in [0.1, 0.15) is 16.8 Å². The van der Waals surface area contributed by atoms with Crippen molar-refractivity contribution in [2.75, 3.05) is 13.7 Å². The third-order valence-electron chi connectivity index (χ3n) is 2.00. The number of ether oxygens (including phenoxy) is 2. The first-order valence-corrected chi connectivity index (χ1v) is 4.84. The summed E-state index contributed by atoms with van der Waals surface area (Å²) in [5.41, 5.74) is 0.130. The summed E-state index contributed by atoms with van der Waals surface area (Å²) in [6.45, 7) is 3.96. The number of aromatic carboxylic acids is 1. The number of hydrogen-bond acceptors (Lipinski definition) is 3. The Morgan fingerprint density at radius 1 is 1.56 bits per heavy atom. The second-order valence-corrected chi connectivity index (χ2v) is 3.09. The number of methoxy groups -OCH3 is 1. The van der Waals surface area contributed by atoms with Crippen LogP contribution in [0.25, 0.3) is 0 Å². The molecule has 0 aliphatic carbocycles. The maximum atomic E-state index is 10.9. The fraction of sp³-hybridized carbons (Fsp3) is 0.250. The highest BCUT2D eigenvalue weighted by atomic mass is 16.5. The minimum Gasteiger partial charge on any atom is -0.497 e. The predicted octanol–water partition coefficient (Wildman–Crippen LogP) is 2.35. The molecule has 0 aliphatic rings. The Morgan fingerprint density at radius 2 is 2.31 bits per heavy atom. The molecule has 0 saturated carbocycles. The number of carboxylic acids is 1. The quantitative estimate of drug-likeness (QED) is 0.593. The van der Waals surface area contributed by atoms with E-state index >= 15 is 0 Å². The lowest BCUT2D eigenvalue weighted by molar-refractivity contribution is 0.0692. The average Bonchev–Trinajstić information content (AvgIpc) is 2.29. The summed E-state index contributed by atoms with van der Waals surface area (Å²) in [6.07, 6.45) is 2.37. The minimum atomic E-state index is -1.02. The molecule has 16 heavy (non-hydrogen) atoms. The van der Waals surface area contributed by atoms with Crippen LogP contribution in [0.15, 0.2) is 30.9 Å². The molecule has 86 valence electrons. The Labute approximate surface area is 94.1 Å². The molecule has 1 aromatic carbocycles. The van der Waals surface area contributed by atoms with E-state index in [9.17, 15) is 4.79 Å². The molecule has 1 N–H and O–H groups in total. The summed E-state index contributed by atoms with van der Waals surface area (Å²) in [4.78, 5) is 10.9. The van der Waals surface area contributed by atoms with Crippen LogP contribution in [0.5, 0.6) is 11.5 Å². The molecule has 0 fully saturated rings. The molecule has 0 aromatic heterocycles. The molecular weight excluding hydrogens is 208 g/mol. The van der Waals surface area contributed by atoms with Crippen LogP contribution in [0, 0.1) is 0 Å². The normalized spacial score (nSPS) is 9.56. The summed E-state index contributed by atoms with van der Waals surface area (Å²) in [5, 5.41) is 8.94. The lowest BCUT2D eigenvalue weighted by Crippen LogP contribution is -2.04. The van der Waals surface area contributed by atoms with Gasteiger partial charge in [-0.05, 0) is 18.6 Å². The second-order valence-electron chi connectivity index (χ2n) is 3.09. The molecule has 0 unspecified atom stereocenters. The predicted molar refractivity (Wildman–Crippen MR) is 60.3 cm³/mol. The van der Waals surface area contributed by atoms with E-state index in [0.717, 1.165) is 0 Å². The molecular formula is C12H14O4. The van der Waals surface area contributed by atoms with Gasteiger partial charge in [0.25, 0.3) is 0 Å². The zero-order chi connectivity index (χ0) is 12.0. The standard InChI is InChI=1S/C12H14O4/c1-3-4-7-16-11-8-9(15-2)5-6-10(11)12(13)14/h3,5-6,8H,1,4,7H2,2H3,(H,13,14). The summed E-state index contributed by atoms with van der Waals surface area (Å²) in [7, 11) is 1.52. The molecule has 1 aromatic rings. The molecule has 0 aliphatic heterocycles. The molecule has 0 radical (unpaired) electrons. The van der Waals surface area contributed by atoms with E-state index in [2.05, 4.69) is 6.58 Å². The summed E-state index contributed by atoms with van der Waals surface area (Å²) >= 11 is 0. The van der Waals surface area contributed by atoms with Crippen molar-refractivity contribution in [1.82, 2.24) is 0 Å². The van der Waals surface area contributed by atoms with Gasteiger partial charge in [-0.25, -0.2) is 4.79 Å². The van der Waals surface area contributed by atoms with Crippen LogP contribution < -0.4 is 9.47 Å². The molecule has 0 atom stereocenters. The van der Waals surface area contributed by atoms with E-state index < -0.39 is 5.97 Å². The molecule has 4 nitrogen and oxygen atoms in total. The van der Waals surface area contributed by atoms with Crippen LogP contribution in [0.4, 0.5) is 0 Å². The van der Waals surface area contributed by atoms with Gasteiger partial charge >= 0.3 is 5.97 Å². The van der Waals surface area contributed by atoms with Crippen molar-refractivity contribution >= 4 is 5.97 Å². The van der Waals surface area contributed by atoms with Crippen molar-refractivity contribution in [1.29, 1.82) is 0 Å². The molecule has 0 saturated heterocycles. The van der Waals surface area contributed by atoms with Crippen molar-refractivity contribution in [3.05, 3.63) is 36.4 Å².